The van der Waals surface area contributed by atoms with Crippen LogP contribution < -0.4 is 21.2 Å². The number of piperazine rings is 1. The van der Waals surface area contributed by atoms with E-state index in [1.807, 2.05) is 121 Å². The third-order valence-electron chi connectivity index (χ3n) is 6.45. The third kappa shape index (κ3) is 5.02. The summed E-state index contributed by atoms with van der Waals surface area (Å²) in [6.07, 6.45) is 0. The fourth-order valence-electron chi connectivity index (χ4n) is 4.72. The topological polar surface area (TPSA) is 104 Å². The zero-order valence-corrected chi connectivity index (χ0v) is 21.8. The SMILES string of the molecule is O.O.O=P(c1ccccc1)(c1ccccc1)N1CCN(P(=O)(c2ccccc2)c2ccccc2)CC1. The summed E-state index contributed by atoms with van der Waals surface area (Å²) in [5.74, 6) is 0. The summed E-state index contributed by atoms with van der Waals surface area (Å²) < 4.78 is 33.6. The van der Waals surface area contributed by atoms with Crippen LogP contribution in [0.2, 0.25) is 0 Å². The molecule has 0 unspecified atom stereocenters. The zero-order valence-electron chi connectivity index (χ0n) is 20.0. The number of hydrogen-bond acceptors (Lipinski definition) is 2. The zero-order chi connectivity index (χ0) is 23.4. The monoisotopic (exact) mass is 522 g/mol. The smallest absolute Gasteiger partial charge is 0.207 e. The molecule has 0 amide bonds. The van der Waals surface area contributed by atoms with Gasteiger partial charge in [0, 0.05) is 47.4 Å². The standard InChI is InChI=1S/C28H28N2O2P2.2H2O/c31-33(25-13-5-1-6-14-25,26-15-7-2-8-16-26)29-21-23-30(24-22-29)34(32,27-17-9-3-10-18-27)28-19-11-4-12-20-28;;/h1-20H,21-24H2;2*1H2. The molecule has 36 heavy (non-hydrogen) atoms. The average Bonchev–Trinajstić information content (AvgIpc) is 2.94. The Morgan fingerprint density at radius 2 is 0.583 bits per heavy atom. The minimum Gasteiger partial charge on any atom is -0.412 e. The first-order chi connectivity index (χ1) is 16.6. The number of nitrogens with zero attached hydrogens (tertiary/aromatic N) is 2. The van der Waals surface area contributed by atoms with E-state index in [0.29, 0.717) is 26.2 Å². The quantitative estimate of drug-likeness (QED) is 0.363. The molecule has 6 nitrogen and oxygen atoms in total. The molecule has 4 aromatic rings. The highest BCUT2D eigenvalue weighted by molar-refractivity contribution is 7.77. The van der Waals surface area contributed by atoms with Crippen LogP contribution in [0.25, 0.3) is 0 Å². The van der Waals surface area contributed by atoms with Crippen molar-refractivity contribution in [3.8, 4) is 0 Å². The molecule has 1 aliphatic heterocycles. The summed E-state index contributed by atoms with van der Waals surface area (Å²) in [4.78, 5) is 0. The van der Waals surface area contributed by atoms with E-state index in [-0.39, 0.29) is 11.0 Å². The molecule has 0 aromatic heterocycles. The Labute approximate surface area is 212 Å². The molecule has 0 bridgehead atoms. The van der Waals surface area contributed by atoms with Crippen molar-refractivity contribution in [1.82, 2.24) is 9.34 Å². The second kappa shape index (κ2) is 11.9. The van der Waals surface area contributed by atoms with Crippen molar-refractivity contribution in [1.29, 1.82) is 0 Å². The minimum atomic E-state index is -3.01. The molecule has 4 N–H and O–H groups in total. The molecule has 1 heterocycles. The van der Waals surface area contributed by atoms with Crippen LogP contribution in [-0.2, 0) is 9.13 Å². The molecule has 1 aliphatic rings. The van der Waals surface area contributed by atoms with Crippen molar-refractivity contribution < 1.29 is 20.1 Å². The van der Waals surface area contributed by atoms with Gasteiger partial charge in [0.05, 0.1) is 0 Å². The Morgan fingerprint density at radius 1 is 0.389 bits per heavy atom. The van der Waals surface area contributed by atoms with Crippen LogP contribution in [0, 0.1) is 0 Å². The lowest BCUT2D eigenvalue weighted by molar-refractivity contribution is 0.278. The normalized spacial score (nSPS) is 14.9. The van der Waals surface area contributed by atoms with E-state index in [0.717, 1.165) is 21.2 Å². The molecule has 1 saturated heterocycles. The van der Waals surface area contributed by atoms with Gasteiger partial charge in [0.15, 0.2) is 0 Å². The van der Waals surface area contributed by atoms with Crippen LogP contribution in [0.3, 0.4) is 0 Å². The van der Waals surface area contributed by atoms with E-state index in [9.17, 15) is 9.13 Å². The molecule has 0 radical (unpaired) electrons. The molecule has 0 saturated carbocycles. The van der Waals surface area contributed by atoms with Gasteiger partial charge in [-0.3, -0.25) is 9.13 Å². The van der Waals surface area contributed by atoms with Gasteiger partial charge in [0.25, 0.3) is 0 Å². The third-order valence-corrected chi connectivity index (χ3v) is 12.8. The molecule has 0 atom stereocenters. The molecule has 1 fully saturated rings. The Kier molecular flexibility index (Phi) is 9.21. The largest absolute Gasteiger partial charge is 0.412 e. The van der Waals surface area contributed by atoms with Gasteiger partial charge in [-0.2, -0.15) is 0 Å². The van der Waals surface area contributed by atoms with Crippen molar-refractivity contribution in [2.45, 2.75) is 0 Å². The number of benzene rings is 4. The lowest BCUT2D eigenvalue weighted by Crippen LogP contribution is -2.48. The van der Waals surface area contributed by atoms with Gasteiger partial charge in [-0.15, -0.1) is 0 Å². The fourth-order valence-corrected chi connectivity index (χ4v) is 10.4. The maximum Gasteiger partial charge on any atom is 0.207 e. The first-order valence-corrected chi connectivity index (χ1v) is 14.9. The highest BCUT2D eigenvalue weighted by Crippen LogP contribution is 2.52. The molecular formula is C28H32N2O4P2. The van der Waals surface area contributed by atoms with Crippen LogP contribution >= 0.6 is 14.6 Å². The molecule has 188 valence electrons. The summed E-state index contributed by atoms with van der Waals surface area (Å²) in [6.45, 7) is 2.30. The number of rotatable bonds is 6. The summed E-state index contributed by atoms with van der Waals surface area (Å²) in [5, 5.41) is 3.35. The van der Waals surface area contributed by atoms with Gasteiger partial charge < -0.3 is 11.0 Å². The lowest BCUT2D eigenvalue weighted by Gasteiger charge is -2.42. The molecule has 4 aromatic carbocycles. The van der Waals surface area contributed by atoms with E-state index in [1.165, 1.54) is 0 Å². The fraction of sp³-hybridized carbons (Fsp3) is 0.143. The van der Waals surface area contributed by atoms with Gasteiger partial charge >= 0.3 is 0 Å². The van der Waals surface area contributed by atoms with Crippen LogP contribution in [0.5, 0.6) is 0 Å². The second-order valence-corrected chi connectivity index (χ2v) is 13.9. The Hall–Kier alpha value is -2.82. The minimum absolute atomic E-state index is 0. The van der Waals surface area contributed by atoms with Crippen LogP contribution in [0.15, 0.2) is 121 Å². The maximum atomic E-state index is 14.7. The molecule has 5 rings (SSSR count). The van der Waals surface area contributed by atoms with E-state index in [4.69, 9.17) is 0 Å². The van der Waals surface area contributed by atoms with E-state index in [2.05, 4.69) is 9.34 Å². The summed E-state index contributed by atoms with van der Waals surface area (Å²) in [5.41, 5.74) is 0. The Morgan fingerprint density at radius 3 is 0.778 bits per heavy atom. The molecular weight excluding hydrogens is 490 g/mol. The first-order valence-electron chi connectivity index (χ1n) is 11.6. The molecule has 0 spiro atoms. The van der Waals surface area contributed by atoms with Crippen molar-refractivity contribution in [3.63, 3.8) is 0 Å². The van der Waals surface area contributed by atoms with Crippen molar-refractivity contribution in [2.75, 3.05) is 26.2 Å². The Balaban J connectivity index is 0.00000180. The van der Waals surface area contributed by atoms with Crippen LogP contribution in [0.4, 0.5) is 0 Å². The van der Waals surface area contributed by atoms with E-state index in [1.54, 1.807) is 0 Å². The predicted octanol–water partition coefficient (Wildman–Crippen LogP) is 2.81. The van der Waals surface area contributed by atoms with Gasteiger partial charge in [-0.05, 0) is 48.5 Å². The summed E-state index contributed by atoms with van der Waals surface area (Å²) in [6, 6.07) is 39.0. The number of hydrogen-bond donors (Lipinski definition) is 0. The highest BCUT2D eigenvalue weighted by atomic mass is 31.2. The van der Waals surface area contributed by atoms with Crippen molar-refractivity contribution >= 4 is 35.8 Å². The first kappa shape index (κ1) is 27.8. The summed E-state index contributed by atoms with van der Waals surface area (Å²) >= 11 is 0. The van der Waals surface area contributed by atoms with Gasteiger partial charge in [-0.25, -0.2) is 9.34 Å². The molecule has 8 heteroatoms. The van der Waals surface area contributed by atoms with Crippen LogP contribution in [0.1, 0.15) is 0 Å². The predicted molar refractivity (Wildman–Crippen MR) is 150 cm³/mol. The van der Waals surface area contributed by atoms with Gasteiger partial charge in [0.1, 0.15) is 0 Å². The average molecular weight is 523 g/mol. The van der Waals surface area contributed by atoms with Gasteiger partial charge in [0.2, 0.25) is 14.6 Å². The van der Waals surface area contributed by atoms with Gasteiger partial charge in [-0.1, -0.05) is 72.8 Å². The summed E-state index contributed by atoms with van der Waals surface area (Å²) in [7, 11) is -6.01. The van der Waals surface area contributed by atoms with E-state index < -0.39 is 14.6 Å². The van der Waals surface area contributed by atoms with Crippen LogP contribution in [-0.4, -0.2) is 46.5 Å². The Bertz CT molecular complexity index is 1120. The highest BCUT2D eigenvalue weighted by Gasteiger charge is 2.41. The maximum absolute atomic E-state index is 14.7. The lowest BCUT2D eigenvalue weighted by atomic mass is 10.4. The second-order valence-electron chi connectivity index (χ2n) is 8.40. The van der Waals surface area contributed by atoms with E-state index >= 15 is 0 Å². The molecule has 0 aliphatic carbocycles. The van der Waals surface area contributed by atoms with Crippen molar-refractivity contribution in [2.24, 2.45) is 0 Å². The van der Waals surface area contributed by atoms with Crippen molar-refractivity contribution in [3.05, 3.63) is 121 Å².